The molecule has 21 heavy (non-hydrogen) atoms. The van der Waals surface area contributed by atoms with Crippen molar-refractivity contribution in [2.24, 2.45) is 5.73 Å². The highest BCUT2D eigenvalue weighted by Gasteiger charge is 2.07. The summed E-state index contributed by atoms with van der Waals surface area (Å²) in [5.74, 6) is -0.550. The molecule has 0 aliphatic heterocycles. The third-order valence-corrected chi connectivity index (χ3v) is 3.34. The summed E-state index contributed by atoms with van der Waals surface area (Å²) in [7, 11) is 0. The van der Waals surface area contributed by atoms with Gasteiger partial charge in [-0.15, -0.1) is 0 Å². The van der Waals surface area contributed by atoms with Gasteiger partial charge in [0.25, 0.3) is 0 Å². The molecule has 2 amide bonds. The van der Waals surface area contributed by atoms with E-state index in [1.807, 2.05) is 18.3 Å². The number of hydrogen-bond donors (Lipinski definition) is 4. The van der Waals surface area contributed by atoms with Crippen molar-refractivity contribution in [2.45, 2.75) is 13.3 Å². The van der Waals surface area contributed by atoms with Gasteiger partial charge in [0.1, 0.15) is 0 Å². The standard InChI is InChI=1S/C15H20N4O2/c1-10-3-2-4-12-15(10)11(8-18-12)5-6-17-14(21)9-19-13(20)7-16/h2-4,8,18H,5-7,9,16H2,1H3,(H,17,21)(H,19,20). The molecule has 0 atom stereocenters. The molecule has 0 saturated heterocycles. The van der Waals surface area contributed by atoms with Crippen LogP contribution in [0.3, 0.4) is 0 Å². The van der Waals surface area contributed by atoms with E-state index in [2.05, 4.69) is 28.6 Å². The topological polar surface area (TPSA) is 100 Å². The molecule has 0 unspecified atom stereocenters. The molecule has 5 N–H and O–H groups in total. The lowest BCUT2D eigenvalue weighted by Gasteiger charge is -2.06. The lowest BCUT2D eigenvalue weighted by Crippen LogP contribution is -2.40. The minimum absolute atomic E-state index is 0.0387. The Balaban J connectivity index is 1.85. The zero-order valence-corrected chi connectivity index (χ0v) is 12.0. The van der Waals surface area contributed by atoms with Crippen LogP contribution in [0.4, 0.5) is 0 Å². The summed E-state index contributed by atoms with van der Waals surface area (Å²) in [6, 6.07) is 6.12. The van der Waals surface area contributed by atoms with Crippen molar-refractivity contribution >= 4 is 22.7 Å². The van der Waals surface area contributed by atoms with Crippen molar-refractivity contribution in [3.8, 4) is 0 Å². The van der Waals surface area contributed by atoms with Crippen LogP contribution in [-0.4, -0.2) is 36.4 Å². The summed E-state index contributed by atoms with van der Waals surface area (Å²) >= 11 is 0. The van der Waals surface area contributed by atoms with Crippen LogP contribution < -0.4 is 16.4 Å². The second kappa shape index (κ2) is 6.90. The molecular weight excluding hydrogens is 268 g/mol. The second-order valence-electron chi connectivity index (χ2n) is 4.89. The van der Waals surface area contributed by atoms with Gasteiger partial charge in [-0.2, -0.15) is 0 Å². The quantitative estimate of drug-likeness (QED) is 0.611. The van der Waals surface area contributed by atoms with Gasteiger partial charge in [0.05, 0.1) is 13.1 Å². The molecule has 112 valence electrons. The highest BCUT2D eigenvalue weighted by Crippen LogP contribution is 2.22. The van der Waals surface area contributed by atoms with Gasteiger partial charge in [0.2, 0.25) is 11.8 Å². The summed E-state index contributed by atoms with van der Waals surface area (Å²) in [6.07, 6.45) is 2.71. The molecule has 0 saturated carbocycles. The van der Waals surface area contributed by atoms with E-state index in [1.165, 1.54) is 16.5 Å². The van der Waals surface area contributed by atoms with Crippen LogP contribution >= 0.6 is 0 Å². The van der Waals surface area contributed by atoms with Crippen LogP contribution in [0.1, 0.15) is 11.1 Å². The Labute approximate surface area is 123 Å². The lowest BCUT2D eigenvalue weighted by molar-refractivity contribution is -0.125. The third kappa shape index (κ3) is 3.82. The van der Waals surface area contributed by atoms with E-state index < -0.39 is 0 Å². The number of aromatic nitrogens is 1. The summed E-state index contributed by atoms with van der Waals surface area (Å²) in [6.45, 7) is 2.45. The van der Waals surface area contributed by atoms with Crippen LogP contribution in [0.5, 0.6) is 0 Å². The molecule has 1 aromatic carbocycles. The van der Waals surface area contributed by atoms with E-state index in [4.69, 9.17) is 5.73 Å². The zero-order valence-electron chi connectivity index (χ0n) is 12.0. The smallest absolute Gasteiger partial charge is 0.239 e. The maximum atomic E-state index is 11.5. The predicted molar refractivity (Wildman–Crippen MR) is 81.8 cm³/mol. The molecule has 2 rings (SSSR count). The van der Waals surface area contributed by atoms with Crippen molar-refractivity contribution < 1.29 is 9.59 Å². The molecule has 2 aromatic rings. The first-order valence-corrected chi connectivity index (χ1v) is 6.91. The molecule has 1 aromatic heterocycles. The third-order valence-electron chi connectivity index (χ3n) is 3.34. The first-order valence-electron chi connectivity index (χ1n) is 6.91. The van der Waals surface area contributed by atoms with Gasteiger partial charge in [-0.05, 0) is 30.5 Å². The van der Waals surface area contributed by atoms with Crippen LogP contribution in [0.25, 0.3) is 10.9 Å². The number of aromatic amines is 1. The Morgan fingerprint density at radius 2 is 2.05 bits per heavy atom. The number of rotatable bonds is 6. The molecular formula is C15H20N4O2. The average Bonchev–Trinajstić information content (AvgIpc) is 2.89. The number of hydrogen-bond acceptors (Lipinski definition) is 3. The van der Waals surface area contributed by atoms with Crippen LogP contribution in [-0.2, 0) is 16.0 Å². The molecule has 0 radical (unpaired) electrons. The fourth-order valence-electron chi connectivity index (χ4n) is 2.30. The average molecular weight is 288 g/mol. The van der Waals surface area contributed by atoms with Gasteiger partial charge < -0.3 is 21.4 Å². The van der Waals surface area contributed by atoms with E-state index >= 15 is 0 Å². The Morgan fingerprint density at radius 3 is 2.81 bits per heavy atom. The summed E-state index contributed by atoms with van der Waals surface area (Å²) in [4.78, 5) is 25.7. The summed E-state index contributed by atoms with van der Waals surface area (Å²) in [5.41, 5.74) is 8.63. The Kier molecular flexibility index (Phi) is 4.94. The van der Waals surface area contributed by atoms with Gasteiger partial charge in [-0.1, -0.05) is 12.1 Å². The van der Waals surface area contributed by atoms with Gasteiger partial charge >= 0.3 is 0 Å². The number of aryl methyl sites for hydroxylation is 1. The van der Waals surface area contributed by atoms with E-state index in [0.717, 1.165) is 11.9 Å². The number of H-pyrrole nitrogens is 1. The van der Waals surface area contributed by atoms with Gasteiger partial charge in [-0.3, -0.25) is 9.59 Å². The van der Waals surface area contributed by atoms with Crippen molar-refractivity contribution in [3.63, 3.8) is 0 Å². The predicted octanol–water partition coefficient (Wildman–Crippen LogP) is 0.210. The number of amides is 2. The molecule has 0 fully saturated rings. The molecule has 0 spiro atoms. The Hall–Kier alpha value is -2.34. The zero-order chi connectivity index (χ0) is 15.2. The highest BCUT2D eigenvalue weighted by atomic mass is 16.2. The van der Waals surface area contributed by atoms with Crippen LogP contribution in [0.15, 0.2) is 24.4 Å². The number of fused-ring (bicyclic) bond motifs is 1. The molecule has 0 aliphatic carbocycles. The fourth-order valence-corrected chi connectivity index (χ4v) is 2.30. The van der Waals surface area contributed by atoms with E-state index in [-0.39, 0.29) is 24.9 Å². The van der Waals surface area contributed by atoms with Crippen LogP contribution in [0, 0.1) is 6.92 Å². The number of benzene rings is 1. The molecule has 6 nitrogen and oxygen atoms in total. The summed E-state index contributed by atoms with van der Waals surface area (Å²) < 4.78 is 0. The molecule has 6 heteroatoms. The first kappa shape index (κ1) is 15.1. The molecule has 1 heterocycles. The van der Waals surface area contributed by atoms with Gasteiger partial charge in [-0.25, -0.2) is 0 Å². The monoisotopic (exact) mass is 288 g/mol. The number of nitrogens with two attached hydrogens (primary N) is 1. The highest BCUT2D eigenvalue weighted by molar-refractivity contribution is 5.87. The van der Waals surface area contributed by atoms with Crippen LogP contribution in [0.2, 0.25) is 0 Å². The minimum Gasteiger partial charge on any atom is -0.361 e. The maximum absolute atomic E-state index is 11.5. The van der Waals surface area contributed by atoms with Gasteiger partial charge in [0.15, 0.2) is 0 Å². The number of carbonyl (C=O) groups is 2. The van der Waals surface area contributed by atoms with E-state index in [9.17, 15) is 9.59 Å². The summed E-state index contributed by atoms with van der Waals surface area (Å²) in [5, 5.41) is 6.42. The van der Waals surface area contributed by atoms with Crippen molar-refractivity contribution in [2.75, 3.05) is 19.6 Å². The first-order chi connectivity index (χ1) is 10.1. The number of nitrogens with one attached hydrogen (secondary N) is 3. The largest absolute Gasteiger partial charge is 0.361 e. The normalized spacial score (nSPS) is 10.6. The van der Waals surface area contributed by atoms with E-state index in [1.54, 1.807) is 0 Å². The lowest BCUT2D eigenvalue weighted by atomic mass is 10.1. The second-order valence-corrected chi connectivity index (χ2v) is 4.89. The minimum atomic E-state index is -0.336. The molecule has 0 bridgehead atoms. The fraction of sp³-hybridized carbons (Fsp3) is 0.333. The Morgan fingerprint density at radius 1 is 1.24 bits per heavy atom. The van der Waals surface area contributed by atoms with Crippen molar-refractivity contribution in [1.82, 2.24) is 15.6 Å². The van der Waals surface area contributed by atoms with Crippen molar-refractivity contribution in [1.29, 1.82) is 0 Å². The van der Waals surface area contributed by atoms with Crippen molar-refractivity contribution in [3.05, 3.63) is 35.5 Å². The molecule has 0 aliphatic rings. The Bertz CT molecular complexity index is 648. The SMILES string of the molecule is Cc1cccc2[nH]cc(CCNC(=O)CNC(=O)CN)c12. The number of carbonyl (C=O) groups excluding carboxylic acids is 2. The van der Waals surface area contributed by atoms with Gasteiger partial charge in [0, 0.05) is 23.6 Å². The van der Waals surface area contributed by atoms with E-state index in [0.29, 0.717) is 6.54 Å². The maximum Gasteiger partial charge on any atom is 0.239 e.